The van der Waals surface area contributed by atoms with Gasteiger partial charge in [-0.2, -0.15) is 0 Å². The zero-order valence-corrected chi connectivity index (χ0v) is 14.0. The summed E-state index contributed by atoms with van der Waals surface area (Å²) in [5.74, 6) is 0.336. The Hall–Kier alpha value is -1.69. The summed E-state index contributed by atoms with van der Waals surface area (Å²) in [6, 6.07) is 16.8. The number of hydrogen-bond donors (Lipinski definition) is 2. The molecule has 4 nitrogen and oxygen atoms in total. The molecule has 0 bridgehead atoms. The molecule has 3 rings (SSSR count). The van der Waals surface area contributed by atoms with Crippen LogP contribution in [0.3, 0.4) is 0 Å². The van der Waals surface area contributed by atoms with Gasteiger partial charge in [-0.1, -0.05) is 49.4 Å². The molecule has 23 heavy (non-hydrogen) atoms. The molecule has 0 aliphatic carbocycles. The van der Waals surface area contributed by atoms with Crippen molar-refractivity contribution < 1.29 is 8.42 Å². The molecule has 122 valence electrons. The van der Waals surface area contributed by atoms with Gasteiger partial charge in [0, 0.05) is 12.6 Å². The van der Waals surface area contributed by atoms with Crippen molar-refractivity contribution in [2.45, 2.75) is 24.3 Å². The van der Waals surface area contributed by atoms with E-state index in [1.807, 2.05) is 36.4 Å². The van der Waals surface area contributed by atoms with Crippen LogP contribution in [-0.4, -0.2) is 27.5 Å². The largest absolute Gasteiger partial charge is 0.315 e. The fourth-order valence-electron chi connectivity index (χ4n) is 2.89. The summed E-state index contributed by atoms with van der Waals surface area (Å²) in [5, 5.41) is 3.25. The van der Waals surface area contributed by atoms with Gasteiger partial charge in [-0.25, -0.2) is 13.1 Å². The maximum atomic E-state index is 12.7. The Labute approximate surface area is 138 Å². The van der Waals surface area contributed by atoms with E-state index in [9.17, 15) is 8.42 Å². The molecule has 2 unspecified atom stereocenters. The van der Waals surface area contributed by atoms with Crippen LogP contribution in [-0.2, 0) is 10.0 Å². The van der Waals surface area contributed by atoms with E-state index < -0.39 is 10.0 Å². The van der Waals surface area contributed by atoms with E-state index in [0.717, 1.165) is 24.1 Å². The summed E-state index contributed by atoms with van der Waals surface area (Å²) in [7, 11) is -3.51. The predicted octanol–water partition coefficient (Wildman–Crippen LogP) is 2.63. The average molecular weight is 330 g/mol. The first-order chi connectivity index (χ1) is 11.1. The predicted molar refractivity (Wildman–Crippen MR) is 92.6 cm³/mol. The standard InChI is InChI=1S/C18H22N2O2S/c1-14-10-11-19-13-18(14)20-23(21,22)17-9-5-8-16(12-17)15-6-3-2-4-7-15/h2-9,12,14,18-20H,10-11,13H2,1H3. The van der Waals surface area contributed by atoms with E-state index in [2.05, 4.69) is 17.0 Å². The summed E-state index contributed by atoms with van der Waals surface area (Å²) >= 11 is 0. The van der Waals surface area contributed by atoms with Crippen molar-refractivity contribution in [1.29, 1.82) is 0 Å². The van der Waals surface area contributed by atoms with Crippen molar-refractivity contribution in [3.05, 3.63) is 54.6 Å². The van der Waals surface area contributed by atoms with E-state index in [-0.39, 0.29) is 6.04 Å². The fraction of sp³-hybridized carbons (Fsp3) is 0.333. The molecule has 5 heteroatoms. The maximum Gasteiger partial charge on any atom is 0.240 e. The second-order valence-electron chi connectivity index (χ2n) is 6.09. The molecular formula is C18H22N2O2S. The molecule has 1 heterocycles. The van der Waals surface area contributed by atoms with Gasteiger partial charge in [-0.3, -0.25) is 0 Å². The summed E-state index contributed by atoms with van der Waals surface area (Å²) < 4.78 is 28.2. The van der Waals surface area contributed by atoms with Crippen molar-refractivity contribution in [3.8, 4) is 11.1 Å². The number of sulfonamides is 1. The topological polar surface area (TPSA) is 58.2 Å². The minimum Gasteiger partial charge on any atom is -0.315 e. The van der Waals surface area contributed by atoms with Crippen LogP contribution in [0.25, 0.3) is 11.1 Å². The lowest BCUT2D eigenvalue weighted by molar-refractivity contribution is 0.327. The number of benzene rings is 2. The van der Waals surface area contributed by atoms with Crippen LogP contribution < -0.4 is 10.0 Å². The Morgan fingerprint density at radius 3 is 2.52 bits per heavy atom. The zero-order chi connectivity index (χ0) is 16.3. The molecule has 2 atom stereocenters. The van der Waals surface area contributed by atoms with Crippen molar-refractivity contribution in [1.82, 2.24) is 10.0 Å². The first-order valence-corrected chi connectivity index (χ1v) is 9.43. The SMILES string of the molecule is CC1CCNCC1NS(=O)(=O)c1cccc(-c2ccccc2)c1. The van der Waals surface area contributed by atoms with Gasteiger partial charge >= 0.3 is 0 Å². The van der Waals surface area contributed by atoms with Crippen LogP contribution in [0, 0.1) is 5.92 Å². The molecule has 0 saturated carbocycles. The second kappa shape index (κ2) is 6.83. The molecule has 2 aromatic carbocycles. The van der Waals surface area contributed by atoms with Crippen molar-refractivity contribution >= 4 is 10.0 Å². The van der Waals surface area contributed by atoms with Gasteiger partial charge in [0.2, 0.25) is 10.0 Å². The fourth-order valence-corrected chi connectivity index (χ4v) is 4.28. The normalized spacial score (nSPS) is 22.0. The summed E-state index contributed by atoms with van der Waals surface area (Å²) in [6.45, 7) is 3.72. The molecule has 0 radical (unpaired) electrons. The third kappa shape index (κ3) is 3.80. The number of rotatable bonds is 4. The van der Waals surface area contributed by atoms with Gasteiger partial charge < -0.3 is 5.32 Å². The maximum absolute atomic E-state index is 12.7. The third-order valence-electron chi connectivity index (χ3n) is 4.39. The number of nitrogens with one attached hydrogen (secondary N) is 2. The highest BCUT2D eigenvalue weighted by Crippen LogP contribution is 2.23. The molecule has 1 fully saturated rings. The first kappa shape index (κ1) is 16.2. The van der Waals surface area contributed by atoms with Crippen LogP contribution in [0.2, 0.25) is 0 Å². The molecule has 0 amide bonds. The van der Waals surface area contributed by atoms with Crippen LogP contribution >= 0.6 is 0 Å². The Morgan fingerprint density at radius 2 is 1.78 bits per heavy atom. The molecule has 2 aromatic rings. The Morgan fingerprint density at radius 1 is 1.04 bits per heavy atom. The van der Waals surface area contributed by atoms with Crippen molar-refractivity contribution in [2.75, 3.05) is 13.1 Å². The van der Waals surface area contributed by atoms with Crippen molar-refractivity contribution in [2.24, 2.45) is 5.92 Å². The number of hydrogen-bond acceptors (Lipinski definition) is 3. The molecule has 1 aliphatic heterocycles. The highest BCUT2D eigenvalue weighted by molar-refractivity contribution is 7.89. The highest BCUT2D eigenvalue weighted by atomic mass is 32.2. The Balaban J connectivity index is 1.85. The second-order valence-corrected chi connectivity index (χ2v) is 7.81. The van der Waals surface area contributed by atoms with E-state index in [0.29, 0.717) is 17.4 Å². The summed E-state index contributed by atoms with van der Waals surface area (Å²) in [6.07, 6.45) is 0.983. The lowest BCUT2D eigenvalue weighted by atomic mass is 9.96. The molecule has 0 aromatic heterocycles. The first-order valence-electron chi connectivity index (χ1n) is 7.95. The lowest BCUT2D eigenvalue weighted by Crippen LogP contribution is -2.50. The van der Waals surface area contributed by atoms with Gasteiger partial charge in [-0.15, -0.1) is 0 Å². The molecule has 1 saturated heterocycles. The van der Waals surface area contributed by atoms with Crippen LogP contribution in [0.4, 0.5) is 0 Å². The highest BCUT2D eigenvalue weighted by Gasteiger charge is 2.26. The van der Waals surface area contributed by atoms with E-state index in [1.54, 1.807) is 18.2 Å². The zero-order valence-electron chi connectivity index (χ0n) is 13.2. The van der Waals surface area contributed by atoms with E-state index in [1.165, 1.54) is 0 Å². The van der Waals surface area contributed by atoms with Gasteiger partial charge in [0.25, 0.3) is 0 Å². The minimum atomic E-state index is -3.51. The molecular weight excluding hydrogens is 308 g/mol. The third-order valence-corrected chi connectivity index (χ3v) is 5.87. The summed E-state index contributed by atoms with van der Waals surface area (Å²) in [5.41, 5.74) is 1.92. The van der Waals surface area contributed by atoms with Crippen LogP contribution in [0.15, 0.2) is 59.5 Å². The van der Waals surface area contributed by atoms with Crippen molar-refractivity contribution in [3.63, 3.8) is 0 Å². The van der Waals surface area contributed by atoms with Crippen LogP contribution in [0.1, 0.15) is 13.3 Å². The van der Waals surface area contributed by atoms with Gasteiger partial charge in [0.1, 0.15) is 0 Å². The Bertz CT molecular complexity index is 760. The Kier molecular flexibility index (Phi) is 4.80. The van der Waals surface area contributed by atoms with E-state index in [4.69, 9.17) is 0 Å². The van der Waals surface area contributed by atoms with Gasteiger partial charge in [0.05, 0.1) is 4.90 Å². The quantitative estimate of drug-likeness (QED) is 0.906. The lowest BCUT2D eigenvalue weighted by Gasteiger charge is -2.30. The smallest absolute Gasteiger partial charge is 0.240 e. The molecule has 0 spiro atoms. The van der Waals surface area contributed by atoms with Crippen LogP contribution in [0.5, 0.6) is 0 Å². The monoisotopic (exact) mass is 330 g/mol. The number of piperidine rings is 1. The summed E-state index contributed by atoms with van der Waals surface area (Å²) in [4.78, 5) is 0.316. The molecule has 2 N–H and O–H groups in total. The molecule has 1 aliphatic rings. The average Bonchev–Trinajstić information content (AvgIpc) is 2.58. The van der Waals surface area contributed by atoms with Gasteiger partial charge in [-0.05, 0) is 42.1 Å². The minimum absolute atomic E-state index is 0.0610. The van der Waals surface area contributed by atoms with E-state index >= 15 is 0 Å². The van der Waals surface area contributed by atoms with Gasteiger partial charge in [0.15, 0.2) is 0 Å².